The first-order valence-corrected chi connectivity index (χ1v) is 10.0. The van der Waals surface area contributed by atoms with E-state index in [1.807, 2.05) is 67.6 Å². The van der Waals surface area contributed by atoms with Gasteiger partial charge in [0.15, 0.2) is 5.82 Å². The Balaban J connectivity index is 1.37. The zero-order valence-electron chi connectivity index (χ0n) is 17.0. The second-order valence-electron chi connectivity index (χ2n) is 7.25. The fourth-order valence-corrected chi connectivity index (χ4v) is 3.26. The predicted octanol–water partition coefficient (Wildman–Crippen LogP) is 3.61. The molecular formula is C23H25N5O2. The van der Waals surface area contributed by atoms with E-state index < -0.39 is 0 Å². The summed E-state index contributed by atoms with van der Waals surface area (Å²) in [6.45, 7) is 5.58. The number of hydrogen-bond acceptors (Lipinski definition) is 5. The van der Waals surface area contributed by atoms with Crippen LogP contribution in [0.25, 0.3) is 11.3 Å². The minimum atomic E-state index is -0.249. The number of aryl methyl sites for hydroxylation is 1. The van der Waals surface area contributed by atoms with Crippen LogP contribution in [-0.2, 0) is 11.3 Å². The Hall–Kier alpha value is -3.45. The number of ether oxygens (including phenoxy) is 1. The average molecular weight is 403 g/mol. The summed E-state index contributed by atoms with van der Waals surface area (Å²) in [6.07, 6.45) is 0. The number of nitrogens with zero attached hydrogens (tertiary/aromatic N) is 3. The van der Waals surface area contributed by atoms with Crippen molar-refractivity contribution in [2.24, 2.45) is 0 Å². The van der Waals surface area contributed by atoms with Gasteiger partial charge in [-0.05, 0) is 36.8 Å². The van der Waals surface area contributed by atoms with Crippen molar-refractivity contribution >= 4 is 17.5 Å². The fourth-order valence-electron chi connectivity index (χ4n) is 3.26. The van der Waals surface area contributed by atoms with E-state index in [2.05, 4.69) is 25.7 Å². The van der Waals surface area contributed by atoms with Crippen LogP contribution in [0.5, 0.6) is 0 Å². The van der Waals surface area contributed by atoms with Gasteiger partial charge in [-0.1, -0.05) is 42.0 Å². The lowest BCUT2D eigenvalue weighted by Crippen LogP contribution is -2.36. The Kier molecular flexibility index (Phi) is 6.20. The van der Waals surface area contributed by atoms with Gasteiger partial charge in [0.2, 0.25) is 0 Å². The summed E-state index contributed by atoms with van der Waals surface area (Å²) in [5.41, 5.74) is 4.61. The van der Waals surface area contributed by atoms with Crippen molar-refractivity contribution < 1.29 is 9.53 Å². The Morgan fingerprint density at radius 1 is 1.03 bits per heavy atom. The molecule has 2 N–H and O–H groups in total. The molecule has 1 aliphatic rings. The van der Waals surface area contributed by atoms with Crippen LogP contribution in [0.3, 0.4) is 0 Å². The van der Waals surface area contributed by atoms with Gasteiger partial charge in [-0.25, -0.2) is 4.79 Å². The zero-order chi connectivity index (χ0) is 20.8. The highest BCUT2D eigenvalue weighted by Gasteiger charge is 2.13. The van der Waals surface area contributed by atoms with Gasteiger partial charge in [0.25, 0.3) is 0 Å². The maximum atomic E-state index is 12.3. The lowest BCUT2D eigenvalue weighted by molar-refractivity contribution is 0.122. The summed E-state index contributed by atoms with van der Waals surface area (Å²) in [5.74, 6) is 0.854. The van der Waals surface area contributed by atoms with Gasteiger partial charge in [-0.2, -0.15) is 0 Å². The standard InChI is InChI=1S/C23H25N5O2/c1-17-5-7-18(8-6-17)16-24-23(29)25-20-4-2-3-19(15-20)21-9-10-22(27-26-21)28-11-13-30-14-12-28/h2-10,15H,11-14,16H2,1H3,(H2,24,25,29). The third-order valence-electron chi connectivity index (χ3n) is 4.98. The fraction of sp³-hybridized carbons (Fsp3) is 0.261. The van der Waals surface area contributed by atoms with Gasteiger partial charge in [0.05, 0.1) is 18.9 Å². The molecule has 7 heteroatoms. The number of carbonyl (C=O) groups excluding carboxylic acids is 1. The molecule has 3 aromatic rings. The third-order valence-corrected chi connectivity index (χ3v) is 4.98. The number of aromatic nitrogens is 2. The molecule has 0 spiro atoms. The molecule has 4 rings (SSSR count). The van der Waals surface area contributed by atoms with E-state index in [0.717, 1.165) is 35.7 Å². The Morgan fingerprint density at radius 2 is 1.83 bits per heavy atom. The zero-order valence-corrected chi connectivity index (χ0v) is 17.0. The SMILES string of the molecule is Cc1ccc(CNC(=O)Nc2cccc(-c3ccc(N4CCOCC4)nn3)c2)cc1. The number of hydrogen-bond donors (Lipinski definition) is 2. The predicted molar refractivity (Wildman–Crippen MR) is 118 cm³/mol. The minimum Gasteiger partial charge on any atom is -0.378 e. The van der Waals surface area contributed by atoms with Crippen LogP contribution in [0, 0.1) is 6.92 Å². The van der Waals surface area contributed by atoms with E-state index in [1.165, 1.54) is 5.56 Å². The van der Waals surface area contributed by atoms with Crippen LogP contribution in [0.2, 0.25) is 0 Å². The summed E-state index contributed by atoms with van der Waals surface area (Å²) in [7, 11) is 0. The molecule has 0 atom stereocenters. The van der Waals surface area contributed by atoms with Crippen LogP contribution >= 0.6 is 0 Å². The first kappa shape index (κ1) is 19.8. The molecule has 2 aromatic carbocycles. The summed E-state index contributed by atoms with van der Waals surface area (Å²) in [4.78, 5) is 14.4. The molecule has 1 aromatic heterocycles. The van der Waals surface area contributed by atoms with Crippen molar-refractivity contribution in [1.29, 1.82) is 0 Å². The lowest BCUT2D eigenvalue weighted by Gasteiger charge is -2.27. The van der Waals surface area contributed by atoms with Crippen molar-refractivity contribution in [3.05, 3.63) is 71.8 Å². The maximum absolute atomic E-state index is 12.3. The van der Waals surface area contributed by atoms with Crippen LogP contribution < -0.4 is 15.5 Å². The van der Waals surface area contributed by atoms with Crippen molar-refractivity contribution in [3.63, 3.8) is 0 Å². The number of amides is 2. The number of morpholine rings is 1. The van der Waals surface area contributed by atoms with E-state index in [4.69, 9.17) is 4.74 Å². The highest BCUT2D eigenvalue weighted by molar-refractivity contribution is 5.90. The molecule has 0 bridgehead atoms. The largest absolute Gasteiger partial charge is 0.378 e. The second kappa shape index (κ2) is 9.37. The number of benzene rings is 2. The van der Waals surface area contributed by atoms with Gasteiger partial charge < -0.3 is 20.3 Å². The molecule has 30 heavy (non-hydrogen) atoms. The van der Waals surface area contributed by atoms with Gasteiger partial charge in [-0.15, -0.1) is 10.2 Å². The Morgan fingerprint density at radius 3 is 2.57 bits per heavy atom. The van der Waals surface area contributed by atoms with Gasteiger partial charge >= 0.3 is 6.03 Å². The normalized spacial score (nSPS) is 13.7. The topological polar surface area (TPSA) is 79.4 Å². The number of anilines is 2. The molecular weight excluding hydrogens is 378 g/mol. The summed E-state index contributed by atoms with van der Waals surface area (Å²) >= 11 is 0. The van der Waals surface area contributed by atoms with E-state index in [1.54, 1.807) is 0 Å². The van der Waals surface area contributed by atoms with Gasteiger partial charge in [0, 0.05) is 30.9 Å². The third kappa shape index (κ3) is 5.12. The molecule has 154 valence electrons. The summed E-state index contributed by atoms with van der Waals surface area (Å²) < 4.78 is 5.38. The van der Waals surface area contributed by atoms with Gasteiger partial charge in [0.1, 0.15) is 0 Å². The van der Waals surface area contributed by atoms with Crippen LogP contribution in [0.1, 0.15) is 11.1 Å². The molecule has 1 aliphatic heterocycles. The summed E-state index contributed by atoms with van der Waals surface area (Å²) in [6, 6.07) is 19.3. The van der Waals surface area contributed by atoms with Crippen LogP contribution in [0.4, 0.5) is 16.3 Å². The van der Waals surface area contributed by atoms with Crippen molar-refractivity contribution in [2.45, 2.75) is 13.5 Å². The van der Waals surface area contributed by atoms with E-state index >= 15 is 0 Å². The monoisotopic (exact) mass is 403 g/mol. The van der Waals surface area contributed by atoms with Gasteiger partial charge in [-0.3, -0.25) is 0 Å². The number of nitrogens with one attached hydrogen (secondary N) is 2. The van der Waals surface area contributed by atoms with Crippen molar-refractivity contribution in [3.8, 4) is 11.3 Å². The molecule has 0 radical (unpaired) electrons. The molecule has 1 fully saturated rings. The van der Waals surface area contributed by atoms with Crippen LogP contribution in [-0.4, -0.2) is 42.5 Å². The second-order valence-corrected chi connectivity index (χ2v) is 7.25. The molecule has 0 aliphatic carbocycles. The molecule has 2 amide bonds. The molecule has 1 saturated heterocycles. The Labute approximate surface area is 176 Å². The molecule has 0 saturated carbocycles. The van der Waals surface area contributed by atoms with E-state index in [9.17, 15) is 4.79 Å². The van der Waals surface area contributed by atoms with Crippen LogP contribution in [0.15, 0.2) is 60.7 Å². The van der Waals surface area contributed by atoms with Crippen molar-refractivity contribution in [1.82, 2.24) is 15.5 Å². The smallest absolute Gasteiger partial charge is 0.319 e. The quantitative estimate of drug-likeness (QED) is 0.680. The number of urea groups is 1. The highest BCUT2D eigenvalue weighted by Crippen LogP contribution is 2.22. The lowest BCUT2D eigenvalue weighted by atomic mass is 10.1. The molecule has 0 unspecified atom stereocenters. The van der Waals surface area contributed by atoms with E-state index in [0.29, 0.717) is 25.4 Å². The number of rotatable bonds is 5. The maximum Gasteiger partial charge on any atom is 0.319 e. The Bertz CT molecular complexity index is 983. The first-order chi connectivity index (χ1) is 14.7. The first-order valence-electron chi connectivity index (χ1n) is 10.0. The summed E-state index contributed by atoms with van der Waals surface area (Å²) in [5, 5.41) is 14.5. The number of carbonyl (C=O) groups is 1. The highest BCUT2D eigenvalue weighted by atomic mass is 16.5. The molecule has 2 heterocycles. The van der Waals surface area contributed by atoms with E-state index in [-0.39, 0.29) is 6.03 Å². The van der Waals surface area contributed by atoms with Crippen molar-refractivity contribution in [2.75, 3.05) is 36.5 Å². The molecule has 7 nitrogen and oxygen atoms in total. The average Bonchev–Trinajstić information content (AvgIpc) is 2.80. The minimum absolute atomic E-state index is 0.249.